The summed E-state index contributed by atoms with van der Waals surface area (Å²) in [6, 6.07) is 18.4. The van der Waals surface area contributed by atoms with Crippen molar-refractivity contribution in [2.75, 3.05) is 18.5 Å². The molecule has 0 saturated heterocycles. The summed E-state index contributed by atoms with van der Waals surface area (Å²) in [4.78, 5) is 17.3. The van der Waals surface area contributed by atoms with E-state index in [0.29, 0.717) is 47.4 Å². The molecule has 0 spiro atoms. The van der Waals surface area contributed by atoms with Crippen molar-refractivity contribution in [1.82, 2.24) is 4.98 Å². The van der Waals surface area contributed by atoms with Crippen LogP contribution in [0.25, 0.3) is 0 Å². The van der Waals surface area contributed by atoms with Gasteiger partial charge in [0.1, 0.15) is 5.75 Å². The number of amides is 1. The van der Waals surface area contributed by atoms with Crippen LogP contribution in [0, 0.1) is 6.92 Å². The van der Waals surface area contributed by atoms with Gasteiger partial charge in [0.05, 0.1) is 29.7 Å². The number of benzene rings is 2. The maximum absolute atomic E-state index is 12.8. The van der Waals surface area contributed by atoms with Crippen LogP contribution in [0.3, 0.4) is 0 Å². The van der Waals surface area contributed by atoms with Gasteiger partial charge in [0.2, 0.25) is 0 Å². The quantitative estimate of drug-likeness (QED) is 0.404. The number of rotatable bonds is 10. The number of carbonyl (C=O) groups is 1. The van der Waals surface area contributed by atoms with E-state index in [1.54, 1.807) is 30.3 Å². The molecule has 1 unspecified atom stereocenters. The summed E-state index contributed by atoms with van der Waals surface area (Å²) in [5.74, 6) is 1.77. The lowest BCUT2D eigenvalue weighted by molar-refractivity contribution is 0.0632. The Labute approximate surface area is 189 Å². The Balaban J connectivity index is 1.65. The van der Waals surface area contributed by atoms with E-state index in [2.05, 4.69) is 17.2 Å². The monoisotopic (exact) mass is 434 g/mol. The van der Waals surface area contributed by atoms with E-state index >= 15 is 0 Å². The zero-order valence-electron chi connectivity index (χ0n) is 19.1. The van der Waals surface area contributed by atoms with Crippen LogP contribution in [0.15, 0.2) is 60.7 Å². The van der Waals surface area contributed by atoms with E-state index in [1.807, 2.05) is 51.1 Å². The van der Waals surface area contributed by atoms with Crippen molar-refractivity contribution in [3.8, 4) is 17.2 Å². The fourth-order valence-corrected chi connectivity index (χ4v) is 3.17. The molecule has 1 N–H and O–H groups in total. The lowest BCUT2D eigenvalue weighted by Crippen LogP contribution is -2.15. The van der Waals surface area contributed by atoms with Crippen LogP contribution in [0.4, 0.5) is 5.69 Å². The second-order valence-electron chi connectivity index (χ2n) is 7.34. The van der Waals surface area contributed by atoms with E-state index in [-0.39, 0.29) is 12.0 Å². The summed E-state index contributed by atoms with van der Waals surface area (Å²) in [7, 11) is 0. The van der Waals surface area contributed by atoms with E-state index in [1.165, 1.54) is 0 Å². The molecule has 3 rings (SSSR count). The van der Waals surface area contributed by atoms with Gasteiger partial charge >= 0.3 is 0 Å². The highest BCUT2D eigenvalue weighted by molar-refractivity contribution is 6.05. The zero-order chi connectivity index (χ0) is 22.9. The second kappa shape index (κ2) is 11.3. The van der Waals surface area contributed by atoms with Crippen molar-refractivity contribution in [3.05, 3.63) is 77.6 Å². The van der Waals surface area contributed by atoms with Crippen molar-refractivity contribution in [2.45, 2.75) is 40.2 Å². The first-order valence-electron chi connectivity index (χ1n) is 10.9. The average Bonchev–Trinajstić information content (AvgIpc) is 2.80. The number of hydrogen-bond donors (Lipinski definition) is 1. The molecular formula is C26H30N2O4. The SMILES string of the molecule is CCCOC(C)c1ccc(C(=O)Nc2ccc(Oc3ccccc3OCC)cc2)c(C)n1. The standard InChI is InChI=1S/C26H30N2O4/c1-5-17-31-19(4)23-16-15-22(18(3)27-23)26(29)28-20-11-13-21(14-12-20)32-25-10-8-7-9-24(25)30-6-2/h7-16,19H,5-6,17H2,1-4H3,(H,28,29). The molecule has 6 heteroatoms. The number of hydrogen-bond acceptors (Lipinski definition) is 5. The van der Waals surface area contributed by atoms with Crippen LogP contribution in [0.1, 0.15) is 55.0 Å². The first-order chi connectivity index (χ1) is 15.5. The van der Waals surface area contributed by atoms with Crippen LogP contribution >= 0.6 is 0 Å². The van der Waals surface area contributed by atoms with E-state index < -0.39 is 0 Å². The first-order valence-corrected chi connectivity index (χ1v) is 10.9. The maximum atomic E-state index is 12.8. The van der Waals surface area contributed by atoms with Crippen molar-refractivity contribution in [3.63, 3.8) is 0 Å². The van der Waals surface area contributed by atoms with Gasteiger partial charge in [-0.15, -0.1) is 0 Å². The third-order valence-corrected chi connectivity index (χ3v) is 4.83. The molecule has 2 aromatic carbocycles. The predicted octanol–water partition coefficient (Wildman–Crippen LogP) is 6.32. The van der Waals surface area contributed by atoms with Crippen LogP contribution in [0.5, 0.6) is 17.2 Å². The minimum absolute atomic E-state index is 0.105. The van der Waals surface area contributed by atoms with Gasteiger partial charge in [0, 0.05) is 12.3 Å². The molecular weight excluding hydrogens is 404 g/mol. The highest BCUT2D eigenvalue weighted by atomic mass is 16.5. The summed E-state index contributed by atoms with van der Waals surface area (Å²) in [5, 5.41) is 2.91. The molecule has 6 nitrogen and oxygen atoms in total. The van der Waals surface area contributed by atoms with Gasteiger partial charge in [0.25, 0.3) is 5.91 Å². The molecule has 168 valence electrons. The number of nitrogens with zero attached hydrogens (tertiary/aromatic N) is 1. The highest BCUT2D eigenvalue weighted by Gasteiger charge is 2.14. The van der Waals surface area contributed by atoms with Gasteiger partial charge in [0.15, 0.2) is 11.5 Å². The third-order valence-electron chi connectivity index (χ3n) is 4.83. The molecule has 0 saturated carbocycles. The fraction of sp³-hybridized carbons (Fsp3) is 0.308. The average molecular weight is 435 g/mol. The number of aromatic nitrogens is 1. The summed E-state index contributed by atoms with van der Waals surface area (Å²) < 4.78 is 17.2. The van der Waals surface area contributed by atoms with Crippen molar-refractivity contribution < 1.29 is 19.0 Å². The van der Waals surface area contributed by atoms with Gasteiger partial charge < -0.3 is 19.5 Å². The molecule has 3 aromatic rings. The highest BCUT2D eigenvalue weighted by Crippen LogP contribution is 2.31. The molecule has 32 heavy (non-hydrogen) atoms. The second-order valence-corrected chi connectivity index (χ2v) is 7.34. The number of pyridine rings is 1. The first kappa shape index (κ1) is 23.3. The summed E-state index contributed by atoms with van der Waals surface area (Å²) in [5.41, 5.74) is 2.69. The number of nitrogens with one attached hydrogen (secondary N) is 1. The number of para-hydroxylation sites is 2. The topological polar surface area (TPSA) is 69.7 Å². The summed E-state index contributed by atoms with van der Waals surface area (Å²) in [6.45, 7) is 9.04. The van der Waals surface area contributed by atoms with Crippen LogP contribution in [-0.4, -0.2) is 24.1 Å². The number of ether oxygens (including phenoxy) is 3. The molecule has 0 aliphatic carbocycles. The minimum Gasteiger partial charge on any atom is -0.490 e. The van der Waals surface area contributed by atoms with Crippen molar-refractivity contribution >= 4 is 11.6 Å². The molecule has 0 bridgehead atoms. The Morgan fingerprint density at radius 2 is 1.72 bits per heavy atom. The van der Waals surface area contributed by atoms with E-state index in [9.17, 15) is 4.79 Å². The third kappa shape index (κ3) is 6.08. The molecule has 0 aliphatic heterocycles. The Hall–Kier alpha value is -3.38. The van der Waals surface area contributed by atoms with Gasteiger partial charge in [-0.1, -0.05) is 19.1 Å². The maximum Gasteiger partial charge on any atom is 0.257 e. The largest absolute Gasteiger partial charge is 0.490 e. The van der Waals surface area contributed by atoms with Crippen molar-refractivity contribution in [2.24, 2.45) is 0 Å². The smallest absolute Gasteiger partial charge is 0.257 e. The van der Waals surface area contributed by atoms with Gasteiger partial charge in [-0.05, 0) is 75.7 Å². The fourth-order valence-electron chi connectivity index (χ4n) is 3.17. The van der Waals surface area contributed by atoms with Crippen molar-refractivity contribution in [1.29, 1.82) is 0 Å². The Bertz CT molecular complexity index is 1030. The Kier molecular flexibility index (Phi) is 8.22. The van der Waals surface area contributed by atoms with Gasteiger partial charge in [-0.25, -0.2) is 0 Å². The van der Waals surface area contributed by atoms with Gasteiger partial charge in [-0.3, -0.25) is 9.78 Å². The Morgan fingerprint density at radius 3 is 2.38 bits per heavy atom. The summed E-state index contributed by atoms with van der Waals surface area (Å²) >= 11 is 0. The molecule has 0 fully saturated rings. The van der Waals surface area contributed by atoms with E-state index in [0.717, 1.165) is 12.1 Å². The molecule has 1 aromatic heterocycles. The number of anilines is 1. The Morgan fingerprint density at radius 1 is 1.00 bits per heavy atom. The zero-order valence-corrected chi connectivity index (χ0v) is 19.1. The van der Waals surface area contributed by atoms with Crippen LogP contribution in [-0.2, 0) is 4.74 Å². The number of carbonyl (C=O) groups excluding carboxylic acids is 1. The normalized spacial score (nSPS) is 11.6. The molecule has 0 radical (unpaired) electrons. The lowest BCUT2D eigenvalue weighted by atomic mass is 10.1. The molecule has 1 heterocycles. The molecule has 1 atom stereocenters. The van der Waals surface area contributed by atoms with Crippen LogP contribution < -0.4 is 14.8 Å². The van der Waals surface area contributed by atoms with Gasteiger partial charge in [-0.2, -0.15) is 0 Å². The predicted molar refractivity (Wildman–Crippen MR) is 126 cm³/mol. The summed E-state index contributed by atoms with van der Waals surface area (Å²) in [6.07, 6.45) is 0.846. The molecule has 0 aliphatic rings. The number of aryl methyl sites for hydroxylation is 1. The lowest BCUT2D eigenvalue weighted by Gasteiger charge is -2.14. The molecule has 1 amide bonds. The van der Waals surface area contributed by atoms with Crippen LogP contribution in [0.2, 0.25) is 0 Å². The van der Waals surface area contributed by atoms with E-state index in [4.69, 9.17) is 14.2 Å². The minimum atomic E-state index is -0.209.